The number of aryl methyl sites for hydroxylation is 1. The molecule has 3 aromatic rings. The van der Waals surface area contributed by atoms with Crippen LogP contribution >= 0.6 is 11.3 Å². The molecule has 1 fully saturated rings. The largest absolute Gasteiger partial charge is 0.321 e. The maximum atomic E-state index is 12.3. The summed E-state index contributed by atoms with van der Waals surface area (Å²) in [6.45, 7) is 8.59. The average molecular weight is 356 g/mol. The smallest absolute Gasteiger partial charge is 0.258 e. The molecule has 0 amide bonds. The summed E-state index contributed by atoms with van der Waals surface area (Å²) in [5.41, 5.74) is 2.74. The van der Waals surface area contributed by atoms with Crippen LogP contribution < -0.4 is 15.4 Å². The van der Waals surface area contributed by atoms with E-state index in [2.05, 4.69) is 22.5 Å². The molecule has 5 nitrogen and oxygen atoms in total. The van der Waals surface area contributed by atoms with Gasteiger partial charge in [0.05, 0.1) is 4.88 Å². The van der Waals surface area contributed by atoms with Gasteiger partial charge in [-0.2, -0.15) is 0 Å². The van der Waals surface area contributed by atoms with Gasteiger partial charge in [-0.1, -0.05) is 12.1 Å². The van der Waals surface area contributed by atoms with Crippen molar-refractivity contribution in [2.45, 2.75) is 20.0 Å². The summed E-state index contributed by atoms with van der Waals surface area (Å²) in [6, 6.07) is 9.99. The number of nitrogens with one attached hydrogen (secondary N) is 2. The van der Waals surface area contributed by atoms with Gasteiger partial charge in [0.2, 0.25) is 0 Å². The second-order valence-corrected chi connectivity index (χ2v) is 7.99. The van der Waals surface area contributed by atoms with Crippen molar-refractivity contribution < 1.29 is 9.80 Å². The van der Waals surface area contributed by atoms with Crippen LogP contribution in [0.2, 0.25) is 0 Å². The normalized spacial score (nSPS) is 20.8. The third-order valence-corrected chi connectivity index (χ3v) is 5.84. The van der Waals surface area contributed by atoms with Gasteiger partial charge < -0.3 is 9.80 Å². The minimum absolute atomic E-state index is 0.0186. The Morgan fingerprint density at radius 1 is 1.12 bits per heavy atom. The zero-order chi connectivity index (χ0) is 17.2. The van der Waals surface area contributed by atoms with Gasteiger partial charge in [0.15, 0.2) is 0 Å². The highest BCUT2D eigenvalue weighted by Crippen LogP contribution is 2.06. The minimum atomic E-state index is 0.0186. The van der Waals surface area contributed by atoms with E-state index in [1.54, 1.807) is 15.4 Å². The first kappa shape index (κ1) is 16.4. The fourth-order valence-electron chi connectivity index (χ4n) is 3.58. The van der Waals surface area contributed by atoms with Crippen molar-refractivity contribution in [1.29, 1.82) is 0 Å². The first-order valence-electron chi connectivity index (χ1n) is 8.86. The molecule has 6 heteroatoms. The van der Waals surface area contributed by atoms with Gasteiger partial charge in [-0.15, -0.1) is 11.3 Å². The van der Waals surface area contributed by atoms with Crippen molar-refractivity contribution in [2.24, 2.45) is 0 Å². The highest BCUT2D eigenvalue weighted by molar-refractivity contribution is 7.09. The van der Waals surface area contributed by atoms with Crippen LogP contribution in [0.3, 0.4) is 0 Å². The number of pyridine rings is 1. The third kappa shape index (κ3) is 3.81. The second-order valence-electron chi connectivity index (χ2n) is 6.95. The molecule has 0 aromatic carbocycles. The summed E-state index contributed by atoms with van der Waals surface area (Å²) in [4.78, 5) is 21.7. The molecule has 4 heterocycles. The number of fused-ring (bicyclic) bond motifs is 1. The Kier molecular flexibility index (Phi) is 4.65. The predicted octanol–water partition coefficient (Wildman–Crippen LogP) is -0.452. The third-order valence-electron chi connectivity index (χ3n) is 4.96. The molecule has 3 aromatic heterocycles. The minimum Gasteiger partial charge on any atom is -0.321 e. The van der Waals surface area contributed by atoms with Gasteiger partial charge >= 0.3 is 0 Å². The summed E-state index contributed by atoms with van der Waals surface area (Å²) in [6.07, 6.45) is 1.86. The Hall–Kier alpha value is -2.02. The van der Waals surface area contributed by atoms with E-state index in [9.17, 15) is 4.79 Å². The Morgan fingerprint density at radius 2 is 1.88 bits per heavy atom. The molecule has 0 radical (unpaired) electrons. The number of nitrogens with zero attached hydrogens (tertiary/aromatic N) is 2. The maximum absolute atomic E-state index is 12.3. The van der Waals surface area contributed by atoms with Gasteiger partial charge in [0, 0.05) is 12.3 Å². The van der Waals surface area contributed by atoms with Crippen LogP contribution in [-0.2, 0) is 13.1 Å². The van der Waals surface area contributed by atoms with Crippen molar-refractivity contribution in [3.05, 3.63) is 68.4 Å². The summed E-state index contributed by atoms with van der Waals surface area (Å²) < 4.78 is 1.64. The standard InChI is InChI=1S/C19H22N4OS/c1-15-4-5-18-20-16(11-19(24)23(18)12-15)13-21-6-8-22(9-7-21)14-17-3-2-10-25-17/h2-5,10-12H,6-9,13-14H2,1H3/p+2. The molecular formula is C19H24N4OS+2. The molecule has 0 unspecified atom stereocenters. The van der Waals surface area contributed by atoms with E-state index < -0.39 is 0 Å². The lowest BCUT2D eigenvalue weighted by molar-refractivity contribution is -1.02. The second kappa shape index (κ2) is 7.07. The lowest BCUT2D eigenvalue weighted by atomic mass is 10.2. The molecule has 1 saturated heterocycles. The number of hydrogen-bond donors (Lipinski definition) is 2. The highest BCUT2D eigenvalue weighted by atomic mass is 32.1. The van der Waals surface area contributed by atoms with Crippen LogP contribution in [0.5, 0.6) is 0 Å². The molecule has 25 heavy (non-hydrogen) atoms. The number of aromatic nitrogens is 2. The van der Waals surface area contributed by atoms with E-state index in [0.29, 0.717) is 0 Å². The topological polar surface area (TPSA) is 43.2 Å². The van der Waals surface area contributed by atoms with Crippen LogP contribution in [-0.4, -0.2) is 35.6 Å². The zero-order valence-electron chi connectivity index (χ0n) is 14.5. The Balaban J connectivity index is 1.41. The lowest BCUT2D eigenvalue weighted by Crippen LogP contribution is -3.27. The first-order chi connectivity index (χ1) is 12.2. The molecular weight excluding hydrogens is 332 g/mol. The van der Waals surface area contributed by atoms with Crippen molar-refractivity contribution in [2.75, 3.05) is 26.2 Å². The molecule has 130 valence electrons. The SMILES string of the molecule is Cc1ccc2nc(C[NH+]3CC[NH+](Cc4cccs4)CC3)cc(=O)n2c1. The van der Waals surface area contributed by atoms with Crippen LogP contribution in [0.4, 0.5) is 0 Å². The van der Waals surface area contributed by atoms with Gasteiger partial charge in [-0.05, 0) is 30.0 Å². The van der Waals surface area contributed by atoms with E-state index in [0.717, 1.165) is 43.1 Å². The Morgan fingerprint density at radius 3 is 2.60 bits per heavy atom. The molecule has 0 saturated carbocycles. The summed E-state index contributed by atoms with van der Waals surface area (Å²) in [5.74, 6) is 0. The molecule has 4 rings (SSSR count). The molecule has 1 aliphatic heterocycles. The highest BCUT2D eigenvalue weighted by Gasteiger charge is 2.24. The number of rotatable bonds is 4. The lowest BCUT2D eigenvalue weighted by Gasteiger charge is -2.29. The van der Waals surface area contributed by atoms with Crippen molar-refractivity contribution in [1.82, 2.24) is 9.38 Å². The first-order valence-corrected chi connectivity index (χ1v) is 9.74. The average Bonchev–Trinajstić information content (AvgIpc) is 3.10. The molecule has 0 spiro atoms. The summed E-state index contributed by atoms with van der Waals surface area (Å²) in [5, 5.41) is 2.15. The number of quaternary nitrogens is 2. The van der Waals surface area contributed by atoms with E-state index in [-0.39, 0.29) is 5.56 Å². The summed E-state index contributed by atoms with van der Waals surface area (Å²) in [7, 11) is 0. The maximum Gasteiger partial charge on any atom is 0.258 e. The van der Waals surface area contributed by atoms with Gasteiger partial charge in [-0.25, -0.2) is 4.98 Å². The fraction of sp³-hybridized carbons (Fsp3) is 0.368. The number of piperazine rings is 1. The van der Waals surface area contributed by atoms with Crippen molar-refractivity contribution in [3.8, 4) is 0 Å². The van der Waals surface area contributed by atoms with E-state index in [4.69, 9.17) is 0 Å². The van der Waals surface area contributed by atoms with Crippen LogP contribution in [0.1, 0.15) is 16.1 Å². The van der Waals surface area contributed by atoms with Gasteiger partial charge in [0.1, 0.15) is 50.6 Å². The molecule has 1 aliphatic rings. The Labute approximate surface area is 151 Å². The molecule has 0 bridgehead atoms. The van der Waals surface area contributed by atoms with Crippen LogP contribution in [0.15, 0.2) is 46.7 Å². The molecule has 2 N–H and O–H groups in total. The predicted molar refractivity (Wildman–Crippen MR) is 99.3 cm³/mol. The Bertz CT molecular complexity index is 911. The van der Waals surface area contributed by atoms with E-state index in [1.165, 1.54) is 22.9 Å². The quantitative estimate of drug-likeness (QED) is 0.665. The summed E-state index contributed by atoms with van der Waals surface area (Å²) >= 11 is 1.85. The van der Waals surface area contributed by atoms with E-state index in [1.807, 2.05) is 36.6 Å². The molecule has 0 atom stereocenters. The number of thiophene rings is 1. The zero-order valence-corrected chi connectivity index (χ0v) is 15.3. The van der Waals surface area contributed by atoms with Crippen molar-refractivity contribution >= 4 is 17.0 Å². The monoisotopic (exact) mass is 356 g/mol. The fourth-order valence-corrected chi connectivity index (χ4v) is 4.35. The van der Waals surface area contributed by atoms with Crippen LogP contribution in [0, 0.1) is 6.92 Å². The molecule has 0 aliphatic carbocycles. The van der Waals surface area contributed by atoms with Crippen molar-refractivity contribution in [3.63, 3.8) is 0 Å². The van der Waals surface area contributed by atoms with Gasteiger partial charge in [0.25, 0.3) is 5.56 Å². The number of hydrogen-bond acceptors (Lipinski definition) is 3. The van der Waals surface area contributed by atoms with E-state index >= 15 is 0 Å². The van der Waals surface area contributed by atoms with Crippen LogP contribution in [0.25, 0.3) is 5.65 Å². The van der Waals surface area contributed by atoms with Gasteiger partial charge in [-0.3, -0.25) is 9.20 Å².